The first kappa shape index (κ1) is 11.9. The van der Waals surface area contributed by atoms with Crippen LogP contribution in [0.25, 0.3) is 0 Å². The maximum absolute atomic E-state index is 10.1. The predicted octanol–water partition coefficient (Wildman–Crippen LogP) is 3.44. The minimum Gasteiger partial charge on any atom is -0.379 e. The van der Waals surface area contributed by atoms with E-state index in [-0.39, 0.29) is 0 Å². The Kier molecular flexibility index (Phi) is 3.18. The van der Waals surface area contributed by atoms with E-state index in [0.29, 0.717) is 19.3 Å². The molecule has 0 aromatic heterocycles. The van der Waals surface area contributed by atoms with E-state index in [4.69, 9.17) is 46.4 Å². The first-order chi connectivity index (χ1) is 5.77. The van der Waals surface area contributed by atoms with Crippen molar-refractivity contribution in [2.24, 2.45) is 0 Å². The molecular weight excluding hydrogens is 254 g/mol. The van der Waals surface area contributed by atoms with Crippen molar-refractivity contribution in [3.8, 4) is 0 Å². The molecule has 0 unspecified atom stereocenters. The molecule has 1 aliphatic carbocycles. The number of hydrogen-bond donors (Lipinski definition) is 1. The molecule has 0 aromatic rings. The third-order valence-corrected chi connectivity index (χ3v) is 4.30. The summed E-state index contributed by atoms with van der Waals surface area (Å²) in [6, 6.07) is 0. The maximum atomic E-state index is 10.1. The lowest BCUT2D eigenvalue weighted by molar-refractivity contribution is 0.0320. The van der Waals surface area contributed by atoms with Crippen molar-refractivity contribution in [2.75, 3.05) is 0 Å². The molecule has 5 heteroatoms. The SMILES string of the molecule is C=CC1(O)C(Cl)(Cl)CCCC1(Cl)Cl. The van der Waals surface area contributed by atoms with E-state index in [9.17, 15) is 5.11 Å². The highest BCUT2D eigenvalue weighted by Gasteiger charge is 2.61. The molecule has 0 saturated heterocycles. The van der Waals surface area contributed by atoms with E-state index in [0.717, 1.165) is 0 Å². The first-order valence-corrected chi connectivity index (χ1v) is 5.40. The monoisotopic (exact) mass is 262 g/mol. The lowest BCUT2D eigenvalue weighted by Gasteiger charge is -2.48. The van der Waals surface area contributed by atoms with Crippen LogP contribution in [-0.2, 0) is 0 Å². The molecule has 1 fully saturated rings. The number of aliphatic hydroxyl groups is 1. The average Bonchev–Trinajstić information content (AvgIpc) is 1.99. The van der Waals surface area contributed by atoms with Gasteiger partial charge in [0, 0.05) is 0 Å². The fourth-order valence-corrected chi connectivity index (χ4v) is 3.16. The van der Waals surface area contributed by atoms with Gasteiger partial charge in [0.05, 0.1) is 0 Å². The molecule has 0 radical (unpaired) electrons. The number of halogens is 4. The van der Waals surface area contributed by atoms with Gasteiger partial charge in [0.25, 0.3) is 0 Å². The van der Waals surface area contributed by atoms with Gasteiger partial charge < -0.3 is 5.11 Å². The summed E-state index contributed by atoms with van der Waals surface area (Å²) in [5.74, 6) is 0. The summed E-state index contributed by atoms with van der Waals surface area (Å²) in [7, 11) is 0. The van der Waals surface area contributed by atoms with Crippen molar-refractivity contribution >= 4 is 46.4 Å². The molecule has 0 bridgehead atoms. The van der Waals surface area contributed by atoms with Crippen LogP contribution in [0.1, 0.15) is 19.3 Å². The van der Waals surface area contributed by atoms with Gasteiger partial charge in [0.15, 0.2) is 8.67 Å². The molecule has 0 aliphatic heterocycles. The predicted molar refractivity (Wildman–Crippen MR) is 57.9 cm³/mol. The Morgan fingerprint density at radius 1 is 1.08 bits per heavy atom. The summed E-state index contributed by atoms with van der Waals surface area (Å²) in [5, 5.41) is 10.1. The molecule has 0 heterocycles. The Hall–Kier alpha value is 0.860. The third-order valence-electron chi connectivity index (χ3n) is 2.39. The van der Waals surface area contributed by atoms with Crippen molar-refractivity contribution in [3.05, 3.63) is 12.7 Å². The molecule has 0 atom stereocenters. The van der Waals surface area contributed by atoms with Crippen molar-refractivity contribution in [3.63, 3.8) is 0 Å². The Labute approximate surface area is 97.6 Å². The zero-order valence-electron chi connectivity index (χ0n) is 6.86. The zero-order valence-corrected chi connectivity index (χ0v) is 9.89. The lowest BCUT2D eigenvalue weighted by Crippen LogP contribution is -2.59. The molecule has 1 rings (SSSR count). The fraction of sp³-hybridized carbons (Fsp3) is 0.750. The fourth-order valence-electron chi connectivity index (χ4n) is 1.48. The van der Waals surface area contributed by atoms with Crippen LogP contribution in [-0.4, -0.2) is 19.4 Å². The molecule has 1 nitrogen and oxygen atoms in total. The Balaban J connectivity index is 3.12. The van der Waals surface area contributed by atoms with Crippen LogP contribution in [0.3, 0.4) is 0 Å². The molecule has 1 aliphatic rings. The second-order valence-electron chi connectivity index (χ2n) is 3.23. The van der Waals surface area contributed by atoms with Crippen LogP contribution in [0.2, 0.25) is 0 Å². The molecule has 13 heavy (non-hydrogen) atoms. The van der Waals surface area contributed by atoms with Crippen LogP contribution in [0.4, 0.5) is 0 Å². The van der Waals surface area contributed by atoms with E-state index in [1.807, 2.05) is 0 Å². The van der Waals surface area contributed by atoms with Gasteiger partial charge in [-0.05, 0) is 19.3 Å². The summed E-state index contributed by atoms with van der Waals surface area (Å²) in [6.45, 7) is 3.46. The van der Waals surface area contributed by atoms with Crippen LogP contribution in [0.15, 0.2) is 12.7 Å². The minimum atomic E-state index is -1.66. The normalized spacial score (nSPS) is 29.6. The van der Waals surface area contributed by atoms with Crippen molar-refractivity contribution in [2.45, 2.75) is 33.5 Å². The molecule has 1 saturated carbocycles. The molecular formula is C8H10Cl4O. The smallest absolute Gasteiger partial charge is 0.153 e. The summed E-state index contributed by atoms with van der Waals surface area (Å²) < 4.78 is -2.73. The highest BCUT2D eigenvalue weighted by atomic mass is 35.5. The molecule has 76 valence electrons. The van der Waals surface area contributed by atoms with Crippen LogP contribution < -0.4 is 0 Å². The molecule has 1 N–H and O–H groups in total. The maximum Gasteiger partial charge on any atom is 0.153 e. The molecule has 0 aromatic carbocycles. The summed E-state index contributed by atoms with van der Waals surface area (Å²) >= 11 is 23.8. The first-order valence-electron chi connectivity index (χ1n) is 3.88. The second kappa shape index (κ2) is 3.46. The Morgan fingerprint density at radius 3 is 1.69 bits per heavy atom. The molecule has 0 spiro atoms. The van der Waals surface area contributed by atoms with Crippen molar-refractivity contribution in [1.82, 2.24) is 0 Å². The van der Waals surface area contributed by atoms with Crippen LogP contribution in [0.5, 0.6) is 0 Å². The number of alkyl halides is 4. The van der Waals surface area contributed by atoms with Crippen LogP contribution >= 0.6 is 46.4 Å². The van der Waals surface area contributed by atoms with Crippen molar-refractivity contribution < 1.29 is 5.11 Å². The zero-order chi connectivity index (χ0) is 10.3. The third kappa shape index (κ3) is 1.70. The van der Waals surface area contributed by atoms with Gasteiger partial charge in [0.1, 0.15) is 5.60 Å². The van der Waals surface area contributed by atoms with Gasteiger partial charge in [-0.15, -0.1) is 6.58 Å². The van der Waals surface area contributed by atoms with E-state index in [1.165, 1.54) is 6.08 Å². The Bertz CT molecular complexity index is 208. The lowest BCUT2D eigenvalue weighted by atomic mass is 9.83. The standard InChI is InChI=1S/C8H10Cl4O/c1-2-6(13)7(9,10)4-3-5-8(6,11)12/h2,13H,1,3-5H2. The van der Waals surface area contributed by atoms with Gasteiger partial charge in [-0.3, -0.25) is 0 Å². The largest absolute Gasteiger partial charge is 0.379 e. The van der Waals surface area contributed by atoms with Crippen LogP contribution in [0, 0.1) is 0 Å². The highest BCUT2D eigenvalue weighted by Crippen LogP contribution is 2.55. The Morgan fingerprint density at radius 2 is 1.46 bits per heavy atom. The number of rotatable bonds is 1. The summed E-state index contributed by atoms with van der Waals surface area (Å²) in [5.41, 5.74) is -1.66. The quantitative estimate of drug-likeness (QED) is 0.568. The highest BCUT2D eigenvalue weighted by molar-refractivity contribution is 6.54. The van der Waals surface area contributed by atoms with Gasteiger partial charge >= 0.3 is 0 Å². The minimum absolute atomic E-state index is 0.444. The van der Waals surface area contributed by atoms with Gasteiger partial charge in [-0.2, -0.15) is 0 Å². The topological polar surface area (TPSA) is 20.2 Å². The second-order valence-corrected chi connectivity index (χ2v) is 6.20. The van der Waals surface area contributed by atoms with E-state index >= 15 is 0 Å². The van der Waals surface area contributed by atoms with E-state index < -0.39 is 14.3 Å². The van der Waals surface area contributed by atoms with Gasteiger partial charge in [-0.25, -0.2) is 0 Å². The van der Waals surface area contributed by atoms with Crippen molar-refractivity contribution in [1.29, 1.82) is 0 Å². The van der Waals surface area contributed by atoms with Gasteiger partial charge in [0.2, 0.25) is 0 Å². The molecule has 0 amide bonds. The summed E-state index contributed by atoms with van der Waals surface area (Å²) in [4.78, 5) is 0. The average molecular weight is 264 g/mol. The van der Waals surface area contributed by atoms with E-state index in [2.05, 4.69) is 6.58 Å². The van der Waals surface area contributed by atoms with Gasteiger partial charge in [-0.1, -0.05) is 52.5 Å². The summed E-state index contributed by atoms with van der Waals surface area (Å²) in [6.07, 6.45) is 2.78. The number of hydrogen-bond acceptors (Lipinski definition) is 1. The van der Waals surface area contributed by atoms with E-state index in [1.54, 1.807) is 0 Å².